The molecule has 0 atom stereocenters. The molecular formula is C21H17ClN2O3. The van der Waals surface area contributed by atoms with Crippen LogP contribution in [0.2, 0.25) is 5.15 Å². The molecule has 0 radical (unpaired) electrons. The number of aromatic nitrogens is 1. The molecule has 27 heavy (non-hydrogen) atoms. The number of carboxylic acids is 1. The Kier molecular flexibility index (Phi) is 5.84. The largest absolute Gasteiger partial charge is 0.478 e. The predicted octanol–water partition coefficient (Wildman–Crippen LogP) is 4.67. The number of carbonyl (C=O) groups is 2. The molecule has 2 aromatic carbocycles. The van der Waals surface area contributed by atoms with Crippen LogP contribution in [-0.2, 0) is 11.2 Å². The number of carboxylic acid groups (broad SMARTS) is 1. The summed E-state index contributed by atoms with van der Waals surface area (Å²) < 4.78 is 0. The number of anilines is 1. The Labute approximate surface area is 161 Å². The molecule has 1 heterocycles. The second-order valence-electron chi connectivity index (χ2n) is 5.97. The van der Waals surface area contributed by atoms with Gasteiger partial charge in [-0.05, 0) is 41.8 Å². The zero-order chi connectivity index (χ0) is 19.2. The molecule has 2 N–H and O–H groups in total. The van der Waals surface area contributed by atoms with Gasteiger partial charge in [-0.2, -0.15) is 0 Å². The number of benzene rings is 2. The van der Waals surface area contributed by atoms with Crippen molar-refractivity contribution in [2.24, 2.45) is 0 Å². The topological polar surface area (TPSA) is 79.3 Å². The molecule has 3 rings (SSSR count). The third-order valence-corrected chi connectivity index (χ3v) is 4.31. The lowest BCUT2D eigenvalue weighted by molar-refractivity contribution is -0.116. The lowest BCUT2D eigenvalue weighted by atomic mass is 10.0. The van der Waals surface area contributed by atoms with Gasteiger partial charge in [-0.15, -0.1) is 0 Å². The fourth-order valence-corrected chi connectivity index (χ4v) is 2.77. The van der Waals surface area contributed by atoms with Crippen LogP contribution in [0.5, 0.6) is 0 Å². The maximum atomic E-state index is 12.2. The number of para-hydroxylation sites is 1. The molecule has 136 valence electrons. The Bertz CT molecular complexity index is 954. The third-order valence-electron chi connectivity index (χ3n) is 4.09. The predicted molar refractivity (Wildman–Crippen MR) is 105 cm³/mol. The van der Waals surface area contributed by atoms with Crippen LogP contribution in [0.4, 0.5) is 5.69 Å². The second-order valence-corrected chi connectivity index (χ2v) is 6.35. The van der Waals surface area contributed by atoms with E-state index in [-0.39, 0.29) is 17.9 Å². The number of nitrogens with one attached hydrogen (secondary N) is 1. The van der Waals surface area contributed by atoms with Crippen LogP contribution in [0.15, 0.2) is 66.9 Å². The first-order valence-corrected chi connectivity index (χ1v) is 8.74. The number of rotatable bonds is 6. The molecule has 0 unspecified atom stereocenters. The van der Waals surface area contributed by atoms with E-state index in [0.717, 1.165) is 16.7 Å². The fraction of sp³-hybridized carbons (Fsp3) is 0.0952. The van der Waals surface area contributed by atoms with Crippen molar-refractivity contribution in [1.82, 2.24) is 4.98 Å². The summed E-state index contributed by atoms with van der Waals surface area (Å²) in [6.07, 6.45) is 2.53. The van der Waals surface area contributed by atoms with E-state index < -0.39 is 5.97 Å². The monoisotopic (exact) mass is 380 g/mol. The molecule has 0 saturated carbocycles. The Morgan fingerprint density at radius 3 is 2.33 bits per heavy atom. The fourth-order valence-electron chi connectivity index (χ4n) is 2.66. The van der Waals surface area contributed by atoms with Gasteiger partial charge in [-0.25, -0.2) is 9.78 Å². The highest BCUT2D eigenvalue weighted by atomic mass is 35.5. The van der Waals surface area contributed by atoms with Crippen molar-refractivity contribution >= 4 is 29.2 Å². The van der Waals surface area contributed by atoms with Crippen LogP contribution in [0.1, 0.15) is 22.3 Å². The summed E-state index contributed by atoms with van der Waals surface area (Å²) in [7, 11) is 0. The van der Waals surface area contributed by atoms with Gasteiger partial charge in [0.1, 0.15) is 5.15 Å². The van der Waals surface area contributed by atoms with E-state index in [1.807, 2.05) is 30.3 Å². The minimum atomic E-state index is -1.07. The van der Waals surface area contributed by atoms with Gasteiger partial charge in [0.05, 0.1) is 11.3 Å². The van der Waals surface area contributed by atoms with Gasteiger partial charge < -0.3 is 10.4 Å². The lowest BCUT2D eigenvalue weighted by Crippen LogP contribution is -2.15. The Hall–Kier alpha value is -3.18. The number of aryl methyl sites for hydroxylation is 1. The number of nitrogens with zero attached hydrogens (tertiary/aromatic N) is 1. The van der Waals surface area contributed by atoms with Crippen molar-refractivity contribution in [3.05, 3.63) is 83.1 Å². The summed E-state index contributed by atoms with van der Waals surface area (Å²) in [5.41, 5.74) is 3.38. The highest BCUT2D eigenvalue weighted by Gasteiger charge is 2.11. The van der Waals surface area contributed by atoms with E-state index in [1.165, 1.54) is 6.07 Å². The molecular weight excluding hydrogens is 364 g/mol. The summed E-state index contributed by atoms with van der Waals surface area (Å²) in [6, 6.07) is 17.9. The number of hydrogen-bond donors (Lipinski definition) is 2. The number of halogens is 1. The van der Waals surface area contributed by atoms with Crippen LogP contribution in [0, 0.1) is 0 Å². The zero-order valence-electron chi connectivity index (χ0n) is 14.4. The SMILES string of the molecule is O=C(CCc1ccc(-c2ccc(Cl)nc2)cc1)Nc1ccccc1C(=O)O. The van der Waals surface area contributed by atoms with Crippen LogP contribution in [-0.4, -0.2) is 22.0 Å². The van der Waals surface area contributed by atoms with Gasteiger partial charge in [-0.1, -0.05) is 48.0 Å². The number of amides is 1. The highest BCUT2D eigenvalue weighted by Crippen LogP contribution is 2.21. The number of carbonyl (C=O) groups excluding carboxylic acids is 1. The van der Waals surface area contributed by atoms with E-state index in [1.54, 1.807) is 30.5 Å². The Balaban J connectivity index is 1.59. The smallest absolute Gasteiger partial charge is 0.337 e. The van der Waals surface area contributed by atoms with E-state index in [0.29, 0.717) is 17.3 Å². The normalized spacial score (nSPS) is 10.4. The van der Waals surface area contributed by atoms with Gasteiger partial charge in [0.2, 0.25) is 5.91 Å². The van der Waals surface area contributed by atoms with E-state index in [2.05, 4.69) is 10.3 Å². The molecule has 0 saturated heterocycles. The Morgan fingerprint density at radius 2 is 1.67 bits per heavy atom. The maximum absolute atomic E-state index is 12.2. The first-order valence-electron chi connectivity index (χ1n) is 8.36. The van der Waals surface area contributed by atoms with Gasteiger partial charge >= 0.3 is 5.97 Å². The van der Waals surface area contributed by atoms with Crippen LogP contribution in [0.3, 0.4) is 0 Å². The van der Waals surface area contributed by atoms with Gasteiger partial charge in [-0.3, -0.25) is 4.79 Å². The lowest BCUT2D eigenvalue weighted by Gasteiger charge is -2.08. The van der Waals surface area contributed by atoms with Crippen molar-refractivity contribution in [1.29, 1.82) is 0 Å². The molecule has 0 spiro atoms. The van der Waals surface area contributed by atoms with Crippen molar-refractivity contribution in [3.63, 3.8) is 0 Å². The van der Waals surface area contributed by atoms with Crippen molar-refractivity contribution < 1.29 is 14.7 Å². The first-order chi connectivity index (χ1) is 13.0. The second kappa shape index (κ2) is 8.47. The molecule has 6 heteroatoms. The maximum Gasteiger partial charge on any atom is 0.337 e. The average Bonchev–Trinajstić information content (AvgIpc) is 2.68. The van der Waals surface area contributed by atoms with Gasteiger partial charge in [0.15, 0.2) is 0 Å². The molecule has 0 bridgehead atoms. The van der Waals surface area contributed by atoms with E-state index in [9.17, 15) is 9.59 Å². The van der Waals surface area contributed by atoms with E-state index in [4.69, 9.17) is 16.7 Å². The molecule has 0 aliphatic rings. The van der Waals surface area contributed by atoms with Crippen LogP contribution < -0.4 is 5.32 Å². The van der Waals surface area contributed by atoms with Gasteiger partial charge in [0, 0.05) is 18.2 Å². The summed E-state index contributed by atoms with van der Waals surface area (Å²) in [6.45, 7) is 0. The number of aromatic carboxylic acids is 1. The standard InChI is InChI=1S/C21H17ClN2O3/c22-19-11-10-16(13-23-19)15-8-5-14(6-9-15)7-12-20(25)24-18-4-2-1-3-17(18)21(26)27/h1-6,8-11,13H,7,12H2,(H,24,25)(H,26,27). The average molecular weight is 381 g/mol. The molecule has 3 aromatic rings. The quantitative estimate of drug-likeness (QED) is 0.609. The zero-order valence-corrected chi connectivity index (χ0v) is 15.1. The summed E-state index contributed by atoms with van der Waals surface area (Å²) >= 11 is 5.80. The van der Waals surface area contributed by atoms with Crippen molar-refractivity contribution in [2.75, 3.05) is 5.32 Å². The van der Waals surface area contributed by atoms with Crippen molar-refractivity contribution in [3.8, 4) is 11.1 Å². The summed E-state index contributed by atoms with van der Waals surface area (Å²) in [5.74, 6) is -1.30. The molecule has 0 fully saturated rings. The van der Waals surface area contributed by atoms with Crippen LogP contribution >= 0.6 is 11.6 Å². The molecule has 1 aromatic heterocycles. The summed E-state index contributed by atoms with van der Waals surface area (Å²) in [5, 5.41) is 12.3. The minimum absolute atomic E-state index is 0.0757. The Morgan fingerprint density at radius 1 is 0.963 bits per heavy atom. The minimum Gasteiger partial charge on any atom is -0.478 e. The number of pyridine rings is 1. The number of hydrogen-bond acceptors (Lipinski definition) is 3. The molecule has 1 amide bonds. The van der Waals surface area contributed by atoms with E-state index >= 15 is 0 Å². The third kappa shape index (κ3) is 4.92. The first kappa shape index (κ1) is 18.6. The molecule has 5 nitrogen and oxygen atoms in total. The molecule has 0 aliphatic carbocycles. The summed E-state index contributed by atoms with van der Waals surface area (Å²) in [4.78, 5) is 27.4. The highest BCUT2D eigenvalue weighted by molar-refractivity contribution is 6.29. The van der Waals surface area contributed by atoms with Crippen molar-refractivity contribution in [2.45, 2.75) is 12.8 Å². The van der Waals surface area contributed by atoms with Crippen LogP contribution in [0.25, 0.3) is 11.1 Å². The molecule has 0 aliphatic heterocycles. The van der Waals surface area contributed by atoms with Gasteiger partial charge in [0.25, 0.3) is 0 Å².